The lowest BCUT2D eigenvalue weighted by Crippen LogP contribution is -2.52. The van der Waals surface area contributed by atoms with Crippen LogP contribution in [0.5, 0.6) is 11.5 Å². The van der Waals surface area contributed by atoms with Crippen molar-refractivity contribution in [3.05, 3.63) is 90.0 Å². The molecule has 0 aromatic heterocycles. The molecule has 0 aliphatic rings. The summed E-state index contributed by atoms with van der Waals surface area (Å²) in [6, 6.07) is 22.4. The fraction of sp³-hybridized carbons (Fsp3) is 0.286. The number of ether oxygens (including phenoxy) is 2. The summed E-state index contributed by atoms with van der Waals surface area (Å²) in [6.07, 6.45) is 1.27. The van der Waals surface area contributed by atoms with Crippen LogP contribution < -0.4 is 19.1 Å². The number of hydrogen-bond donors (Lipinski definition) is 1. The Morgan fingerprint density at radius 3 is 2.03 bits per heavy atom. The SMILES string of the molecule is CNC(=O)[C@H](Cc1ccccc1)N(Cc1ccccc1)C(=O)CN(c1cc(OC)ccc1OC)S(C)(=O)=O. The van der Waals surface area contributed by atoms with E-state index in [4.69, 9.17) is 9.47 Å². The van der Waals surface area contributed by atoms with E-state index in [0.29, 0.717) is 5.75 Å². The predicted molar refractivity (Wildman–Crippen MR) is 147 cm³/mol. The number of carbonyl (C=O) groups is 2. The van der Waals surface area contributed by atoms with Gasteiger partial charge in [0.25, 0.3) is 0 Å². The van der Waals surface area contributed by atoms with Crippen molar-refractivity contribution in [1.29, 1.82) is 0 Å². The lowest BCUT2D eigenvalue weighted by atomic mass is 10.0. The summed E-state index contributed by atoms with van der Waals surface area (Å²) in [4.78, 5) is 28.5. The van der Waals surface area contributed by atoms with Crippen molar-refractivity contribution in [2.75, 3.05) is 38.4 Å². The van der Waals surface area contributed by atoms with Crippen LogP contribution in [0.3, 0.4) is 0 Å². The number of amides is 2. The lowest BCUT2D eigenvalue weighted by Gasteiger charge is -2.33. The molecule has 2 amide bonds. The van der Waals surface area contributed by atoms with E-state index >= 15 is 0 Å². The minimum atomic E-state index is -3.94. The highest BCUT2D eigenvalue weighted by molar-refractivity contribution is 7.92. The van der Waals surface area contributed by atoms with E-state index in [2.05, 4.69) is 5.32 Å². The Hall–Kier alpha value is -4.05. The molecular formula is C28H33N3O6S. The average Bonchev–Trinajstić information content (AvgIpc) is 2.93. The van der Waals surface area contributed by atoms with Crippen molar-refractivity contribution < 1.29 is 27.5 Å². The molecule has 38 heavy (non-hydrogen) atoms. The lowest BCUT2D eigenvalue weighted by molar-refractivity contribution is -0.139. The Kier molecular flexibility index (Phi) is 9.72. The molecule has 1 atom stereocenters. The van der Waals surface area contributed by atoms with Gasteiger partial charge in [0.2, 0.25) is 21.8 Å². The van der Waals surface area contributed by atoms with Crippen LogP contribution in [0.1, 0.15) is 11.1 Å². The van der Waals surface area contributed by atoms with E-state index in [0.717, 1.165) is 21.7 Å². The zero-order valence-corrected chi connectivity index (χ0v) is 22.8. The molecule has 1 N–H and O–H groups in total. The summed E-state index contributed by atoms with van der Waals surface area (Å²) in [5.74, 6) is -0.252. The molecule has 202 valence electrons. The number of anilines is 1. The zero-order valence-electron chi connectivity index (χ0n) is 22.0. The van der Waals surface area contributed by atoms with Crippen LogP contribution in [-0.4, -0.2) is 65.2 Å². The first-order valence-electron chi connectivity index (χ1n) is 12.0. The van der Waals surface area contributed by atoms with Crippen molar-refractivity contribution >= 4 is 27.5 Å². The second kappa shape index (κ2) is 13.0. The standard InChI is InChI=1S/C28H33N3O6S/c1-29-28(33)25(17-21-11-7-5-8-12-21)30(19-22-13-9-6-10-14-22)27(32)20-31(38(4,34)35)24-18-23(36-2)15-16-26(24)37-3/h5-16,18,25H,17,19-20H2,1-4H3,(H,29,33)/t25-/m0/s1. The molecule has 0 spiro atoms. The highest BCUT2D eigenvalue weighted by Gasteiger charge is 2.33. The molecule has 0 heterocycles. The number of nitrogens with zero attached hydrogens (tertiary/aromatic N) is 2. The van der Waals surface area contributed by atoms with Crippen LogP contribution in [0.25, 0.3) is 0 Å². The minimum absolute atomic E-state index is 0.109. The number of sulfonamides is 1. The number of likely N-dealkylation sites (N-methyl/N-ethyl adjacent to an activating group) is 1. The van der Waals surface area contributed by atoms with Gasteiger partial charge >= 0.3 is 0 Å². The number of carbonyl (C=O) groups excluding carboxylic acids is 2. The van der Waals surface area contributed by atoms with Gasteiger partial charge in [-0.25, -0.2) is 8.42 Å². The number of methoxy groups -OCH3 is 2. The minimum Gasteiger partial charge on any atom is -0.497 e. The molecule has 0 unspecified atom stereocenters. The molecule has 0 radical (unpaired) electrons. The van der Waals surface area contributed by atoms with Crippen LogP contribution in [0.4, 0.5) is 5.69 Å². The van der Waals surface area contributed by atoms with Gasteiger partial charge in [-0.15, -0.1) is 0 Å². The Bertz CT molecular complexity index is 1330. The molecule has 9 nitrogen and oxygen atoms in total. The molecule has 0 saturated heterocycles. The van der Waals surface area contributed by atoms with E-state index in [-0.39, 0.29) is 30.3 Å². The third-order valence-corrected chi connectivity index (χ3v) is 7.17. The van der Waals surface area contributed by atoms with Gasteiger partial charge in [0.05, 0.1) is 26.2 Å². The highest BCUT2D eigenvalue weighted by atomic mass is 32.2. The van der Waals surface area contributed by atoms with Gasteiger partial charge in [-0.3, -0.25) is 13.9 Å². The topological polar surface area (TPSA) is 105 Å². The first kappa shape index (κ1) is 28.5. The zero-order chi connectivity index (χ0) is 27.7. The first-order chi connectivity index (χ1) is 18.2. The van der Waals surface area contributed by atoms with Crippen molar-refractivity contribution in [1.82, 2.24) is 10.2 Å². The number of nitrogens with one attached hydrogen (secondary N) is 1. The van der Waals surface area contributed by atoms with Gasteiger partial charge in [0.15, 0.2) is 0 Å². The molecule has 0 saturated carbocycles. The van der Waals surface area contributed by atoms with Gasteiger partial charge in [-0.2, -0.15) is 0 Å². The summed E-state index contributed by atoms with van der Waals surface area (Å²) >= 11 is 0. The number of benzene rings is 3. The highest BCUT2D eigenvalue weighted by Crippen LogP contribution is 2.34. The van der Waals surface area contributed by atoms with Crippen LogP contribution in [0.2, 0.25) is 0 Å². The molecule has 0 fully saturated rings. The fourth-order valence-electron chi connectivity index (χ4n) is 4.09. The van der Waals surface area contributed by atoms with E-state index in [1.807, 2.05) is 60.7 Å². The quantitative estimate of drug-likeness (QED) is 0.380. The van der Waals surface area contributed by atoms with Gasteiger partial charge in [0.1, 0.15) is 24.1 Å². The maximum atomic E-state index is 14.0. The Morgan fingerprint density at radius 1 is 0.895 bits per heavy atom. The Morgan fingerprint density at radius 2 is 1.50 bits per heavy atom. The third-order valence-electron chi connectivity index (χ3n) is 6.05. The van der Waals surface area contributed by atoms with E-state index in [1.54, 1.807) is 12.1 Å². The number of hydrogen-bond acceptors (Lipinski definition) is 6. The second-order valence-electron chi connectivity index (χ2n) is 8.63. The largest absolute Gasteiger partial charge is 0.497 e. The molecule has 3 aromatic rings. The van der Waals surface area contributed by atoms with Gasteiger partial charge in [-0.05, 0) is 23.3 Å². The van der Waals surface area contributed by atoms with E-state index < -0.39 is 28.5 Å². The summed E-state index contributed by atoms with van der Waals surface area (Å²) in [6.45, 7) is -0.436. The molecule has 3 aromatic carbocycles. The van der Waals surface area contributed by atoms with E-state index in [9.17, 15) is 18.0 Å². The van der Waals surface area contributed by atoms with E-state index in [1.165, 1.54) is 32.2 Å². The molecule has 0 aliphatic heterocycles. The van der Waals surface area contributed by atoms with Gasteiger partial charge in [-0.1, -0.05) is 60.7 Å². The maximum absolute atomic E-state index is 14.0. The van der Waals surface area contributed by atoms with Crippen molar-refractivity contribution in [3.8, 4) is 11.5 Å². The molecular weight excluding hydrogens is 506 g/mol. The first-order valence-corrected chi connectivity index (χ1v) is 13.8. The monoisotopic (exact) mass is 539 g/mol. The Labute approximate surface area is 224 Å². The molecule has 0 aliphatic carbocycles. The summed E-state index contributed by atoms with van der Waals surface area (Å²) in [5, 5.41) is 2.65. The third kappa shape index (κ3) is 7.25. The second-order valence-corrected chi connectivity index (χ2v) is 10.5. The maximum Gasteiger partial charge on any atom is 0.244 e. The predicted octanol–water partition coefficient (Wildman–Crippen LogP) is 2.86. The molecule has 3 rings (SSSR count). The van der Waals surface area contributed by atoms with Gasteiger partial charge in [0, 0.05) is 26.1 Å². The fourth-order valence-corrected chi connectivity index (χ4v) is 4.93. The van der Waals surface area contributed by atoms with Crippen LogP contribution in [0.15, 0.2) is 78.9 Å². The Balaban J connectivity index is 2.06. The van der Waals surface area contributed by atoms with Crippen molar-refractivity contribution in [2.45, 2.75) is 19.0 Å². The average molecular weight is 540 g/mol. The van der Waals surface area contributed by atoms with Gasteiger partial charge < -0.3 is 19.7 Å². The summed E-state index contributed by atoms with van der Waals surface area (Å²) < 4.78 is 37.5. The van der Waals surface area contributed by atoms with Crippen molar-refractivity contribution in [2.24, 2.45) is 0 Å². The molecule has 0 bridgehead atoms. The number of rotatable bonds is 12. The van der Waals surface area contributed by atoms with Crippen molar-refractivity contribution in [3.63, 3.8) is 0 Å². The smallest absolute Gasteiger partial charge is 0.244 e. The summed E-state index contributed by atoms with van der Waals surface area (Å²) in [5.41, 5.74) is 1.82. The van der Waals surface area contributed by atoms with Crippen LogP contribution in [-0.2, 0) is 32.6 Å². The van der Waals surface area contributed by atoms with Crippen LogP contribution in [0, 0.1) is 0 Å². The molecule has 10 heteroatoms. The normalized spacial score (nSPS) is 11.8. The summed E-state index contributed by atoms with van der Waals surface area (Å²) in [7, 11) is 0.444. The van der Waals surface area contributed by atoms with Crippen LogP contribution >= 0.6 is 0 Å².